The van der Waals surface area contributed by atoms with E-state index in [1.165, 1.54) is 11.8 Å². The molecule has 1 N–H and O–H groups in total. The largest absolute Gasteiger partial charge is 0.459 e. The van der Waals surface area contributed by atoms with Gasteiger partial charge in [-0.2, -0.15) is 0 Å². The zero-order valence-electron chi connectivity index (χ0n) is 19.0. The molecule has 1 unspecified atom stereocenters. The highest BCUT2D eigenvalue weighted by Crippen LogP contribution is 2.26. The van der Waals surface area contributed by atoms with Gasteiger partial charge in [0.2, 0.25) is 5.91 Å². The number of fused-ring (bicyclic) bond motifs is 1. The Morgan fingerprint density at radius 2 is 1.71 bits per heavy atom. The molecule has 3 heterocycles. The molecule has 2 amide bonds. The van der Waals surface area contributed by atoms with Crippen LogP contribution in [0.15, 0.2) is 71.3 Å². The molecule has 7 heteroatoms. The van der Waals surface area contributed by atoms with Crippen LogP contribution in [-0.4, -0.2) is 46.8 Å². The Morgan fingerprint density at radius 3 is 2.41 bits per heavy atom. The smallest absolute Gasteiger partial charge is 0.290 e. The molecule has 0 saturated carbocycles. The first-order valence-corrected chi connectivity index (χ1v) is 12.1. The number of furan rings is 1. The molecule has 6 nitrogen and oxygen atoms in total. The van der Waals surface area contributed by atoms with E-state index in [1.54, 1.807) is 17.0 Å². The molecule has 2 aromatic carbocycles. The zero-order valence-corrected chi connectivity index (χ0v) is 19.7. The number of carbonyl (C=O) groups is 2. The van der Waals surface area contributed by atoms with Gasteiger partial charge in [-0.3, -0.25) is 14.5 Å². The van der Waals surface area contributed by atoms with Crippen molar-refractivity contribution >= 4 is 23.4 Å². The van der Waals surface area contributed by atoms with E-state index in [2.05, 4.69) is 22.3 Å². The Kier molecular flexibility index (Phi) is 6.70. The van der Waals surface area contributed by atoms with Gasteiger partial charge < -0.3 is 14.6 Å². The monoisotopic (exact) mass is 477 g/mol. The summed E-state index contributed by atoms with van der Waals surface area (Å²) < 4.78 is 5.35. The van der Waals surface area contributed by atoms with Gasteiger partial charge in [0, 0.05) is 43.7 Å². The van der Waals surface area contributed by atoms with E-state index in [0.717, 1.165) is 48.6 Å². The van der Waals surface area contributed by atoms with Crippen LogP contribution in [0.4, 0.5) is 0 Å². The molecule has 5 rings (SSSR count). The van der Waals surface area contributed by atoms with Crippen molar-refractivity contribution in [1.82, 2.24) is 15.1 Å². The normalized spacial score (nSPS) is 19.0. The van der Waals surface area contributed by atoms with Crippen molar-refractivity contribution < 1.29 is 14.0 Å². The van der Waals surface area contributed by atoms with Crippen LogP contribution in [0.3, 0.4) is 0 Å². The lowest BCUT2D eigenvalue weighted by Crippen LogP contribution is -2.55. The molecule has 176 valence electrons. The first kappa shape index (κ1) is 22.7. The van der Waals surface area contributed by atoms with Gasteiger partial charge in [0.25, 0.3) is 5.91 Å². The van der Waals surface area contributed by atoms with Gasteiger partial charge in [-0.25, -0.2) is 0 Å². The predicted molar refractivity (Wildman–Crippen MR) is 130 cm³/mol. The maximum atomic E-state index is 13.4. The number of halogens is 1. The molecule has 1 fully saturated rings. The molecule has 34 heavy (non-hydrogen) atoms. The molecular formula is C27H28ClN3O3. The molecular weight excluding hydrogens is 450 g/mol. The second kappa shape index (κ2) is 10.0. The third kappa shape index (κ3) is 5.03. The van der Waals surface area contributed by atoms with Crippen LogP contribution in [0.5, 0.6) is 0 Å². The summed E-state index contributed by atoms with van der Waals surface area (Å²) in [5.74, 6) is -0.0873. The van der Waals surface area contributed by atoms with Gasteiger partial charge in [0.05, 0.1) is 6.26 Å². The number of hydrogen-bond donors (Lipinski definition) is 1. The number of carbonyl (C=O) groups excluding carboxylic acids is 2. The first-order chi connectivity index (χ1) is 16.6. The predicted octanol–water partition coefficient (Wildman–Crippen LogP) is 4.28. The average molecular weight is 478 g/mol. The van der Waals surface area contributed by atoms with E-state index >= 15 is 0 Å². The van der Waals surface area contributed by atoms with Gasteiger partial charge in [-0.1, -0.05) is 48.0 Å². The molecule has 1 atom stereocenters. The summed E-state index contributed by atoms with van der Waals surface area (Å²) in [5.41, 5.74) is 3.42. The Bertz CT molecular complexity index is 1140. The number of rotatable bonds is 5. The summed E-state index contributed by atoms with van der Waals surface area (Å²) in [6, 6.07) is 18.8. The van der Waals surface area contributed by atoms with E-state index < -0.39 is 6.04 Å². The Morgan fingerprint density at radius 1 is 0.971 bits per heavy atom. The third-order valence-corrected chi connectivity index (χ3v) is 7.05. The van der Waals surface area contributed by atoms with Crippen LogP contribution < -0.4 is 5.32 Å². The molecule has 3 aromatic rings. The molecule has 2 aliphatic heterocycles. The summed E-state index contributed by atoms with van der Waals surface area (Å²) >= 11 is 5.99. The second-order valence-electron chi connectivity index (χ2n) is 9.08. The minimum absolute atomic E-state index is 0.0921. The van der Waals surface area contributed by atoms with Crippen LogP contribution in [0, 0.1) is 0 Å². The van der Waals surface area contributed by atoms with Gasteiger partial charge >= 0.3 is 0 Å². The van der Waals surface area contributed by atoms with Crippen LogP contribution in [-0.2, 0) is 24.3 Å². The Balaban J connectivity index is 1.23. The second-order valence-corrected chi connectivity index (χ2v) is 9.52. The van der Waals surface area contributed by atoms with Crippen molar-refractivity contribution in [3.8, 4) is 0 Å². The third-order valence-electron chi connectivity index (χ3n) is 6.80. The minimum atomic E-state index is -0.556. The van der Waals surface area contributed by atoms with E-state index in [4.69, 9.17) is 16.0 Å². The number of nitrogens with one attached hydrogen (secondary N) is 1. The maximum Gasteiger partial charge on any atom is 0.290 e. The van der Waals surface area contributed by atoms with Crippen molar-refractivity contribution in [3.05, 3.63) is 94.4 Å². The summed E-state index contributed by atoms with van der Waals surface area (Å²) in [6.45, 7) is 3.10. The number of nitrogens with zero attached hydrogens (tertiary/aromatic N) is 2. The quantitative estimate of drug-likeness (QED) is 0.595. The average Bonchev–Trinajstić information content (AvgIpc) is 3.40. The molecule has 1 saturated heterocycles. The van der Waals surface area contributed by atoms with Gasteiger partial charge in [-0.15, -0.1) is 0 Å². The molecule has 1 aromatic heterocycles. The zero-order chi connectivity index (χ0) is 23.5. The van der Waals surface area contributed by atoms with Crippen molar-refractivity contribution in [2.45, 2.75) is 44.4 Å². The topological polar surface area (TPSA) is 65.8 Å². The fraction of sp³-hybridized carbons (Fsp3) is 0.333. The molecule has 0 bridgehead atoms. The van der Waals surface area contributed by atoms with Crippen molar-refractivity contribution in [2.24, 2.45) is 0 Å². The molecule has 0 spiro atoms. The highest BCUT2D eigenvalue weighted by Gasteiger charge is 2.37. The fourth-order valence-corrected chi connectivity index (χ4v) is 5.02. The van der Waals surface area contributed by atoms with Crippen LogP contribution >= 0.6 is 11.6 Å². The number of benzene rings is 2. The number of piperidine rings is 1. The van der Waals surface area contributed by atoms with Gasteiger partial charge in [-0.05, 0) is 53.8 Å². The van der Waals surface area contributed by atoms with Gasteiger partial charge in [0.15, 0.2) is 5.76 Å². The minimum Gasteiger partial charge on any atom is -0.459 e. The Hall–Kier alpha value is -3.09. The van der Waals surface area contributed by atoms with Crippen LogP contribution in [0.1, 0.15) is 40.1 Å². The van der Waals surface area contributed by atoms with Crippen molar-refractivity contribution in [1.29, 1.82) is 0 Å². The van der Waals surface area contributed by atoms with E-state index in [-0.39, 0.29) is 23.6 Å². The fourth-order valence-electron chi connectivity index (χ4n) is 4.89. The van der Waals surface area contributed by atoms with Crippen LogP contribution in [0.25, 0.3) is 0 Å². The number of hydrogen-bond acceptors (Lipinski definition) is 4. The SMILES string of the molecule is O=C(NC1CCN(Cc2ccc(Cl)cc2)CC1)C1Cc2ccccc2CN1C(=O)c1ccco1. The van der Waals surface area contributed by atoms with E-state index in [0.29, 0.717) is 13.0 Å². The summed E-state index contributed by atoms with van der Waals surface area (Å²) in [5, 5.41) is 3.98. The summed E-state index contributed by atoms with van der Waals surface area (Å²) in [7, 11) is 0. The highest BCUT2D eigenvalue weighted by atomic mass is 35.5. The highest BCUT2D eigenvalue weighted by molar-refractivity contribution is 6.30. The molecule has 0 radical (unpaired) electrons. The lowest BCUT2D eigenvalue weighted by molar-refractivity contribution is -0.127. The maximum absolute atomic E-state index is 13.4. The first-order valence-electron chi connectivity index (χ1n) is 11.8. The van der Waals surface area contributed by atoms with Crippen molar-refractivity contribution in [3.63, 3.8) is 0 Å². The number of likely N-dealkylation sites (tertiary alicyclic amines) is 1. The Labute approximate surface area is 204 Å². The molecule has 0 aliphatic carbocycles. The van der Waals surface area contributed by atoms with Gasteiger partial charge in [0.1, 0.15) is 6.04 Å². The van der Waals surface area contributed by atoms with E-state index in [9.17, 15) is 9.59 Å². The molecule has 2 aliphatic rings. The number of amides is 2. The summed E-state index contributed by atoms with van der Waals surface area (Å²) in [6.07, 6.45) is 3.76. The summed E-state index contributed by atoms with van der Waals surface area (Å²) in [4.78, 5) is 30.6. The standard InChI is InChI=1S/C27H28ClN3O3/c28-22-9-7-19(8-10-22)17-30-13-11-23(12-14-30)29-26(32)24-16-20-4-1-2-5-21(20)18-31(24)27(33)25-6-3-15-34-25/h1-10,15,23-24H,11-14,16-18H2,(H,29,32). The van der Waals surface area contributed by atoms with Crippen LogP contribution in [0.2, 0.25) is 5.02 Å². The lowest BCUT2D eigenvalue weighted by Gasteiger charge is -2.37. The van der Waals surface area contributed by atoms with Crippen molar-refractivity contribution in [2.75, 3.05) is 13.1 Å². The van der Waals surface area contributed by atoms with E-state index in [1.807, 2.05) is 36.4 Å². The lowest BCUT2D eigenvalue weighted by atomic mass is 9.92.